The third kappa shape index (κ3) is 7.08. The number of hydrogen-bond donors (Lipinski definition) is 2. The molecule has 0 radical (unpaired) electrons. The van der Waals surface area contributed by atoms with Crippen LogP contribution in [0.1, 0.15) is 18.9 Å². The fraction of sp³-hybridized carbons (Fsp3) is 0.409. The van der Waals surface area contributed by atoms with Gasteiger partial charge in [-0.3, -0.25) is 9.89 Å². The first-order valence-corrected chi connectivity index (χ1v) is 9.77. The Morgan fingerprint density at radius 2 is 1.83 bits per heavy atom. The van der Waals surface area contributed by atoms with E-state index in [1.54, 1.807) is 7.05 Å². The Bertz CT molecular complexity index is 786. The van der Waals surface area contributed by atoms with Gasteiger partial charge in [0.15, 0.2) is 17.5 Å². The van der Waals surface area contributed by atoms with Crippen LogP contribution >= 0.6 is 24.0 Å². The summed E-state index contributed by atoms with van der Waals surface area (Å²) < 4.78 is 11.4. The number of benzene rings is 2. The molecule has 158 valence electrons. The largest absolute Gasteiger partial charge is 0.490 e. The summed E-state index contributed by atoms with van der Waals surface area (Å²) in [6.07, 6.45) is 0.898. The molecule has 0 spiro atoms. The van der Waals surface area contributed by atoms with Crippen LogP contribution < -0.4 is 20.1 Å². The molecular weight excluding hydrogens is 479 g/mol. The summed E-state index contributed by atoms with van der Waals surface area (Å²) in [4.78, 5) is 6.66. The Morgan fingerprint density at radius 3 is 2.55 bits per heavy atom. The van der Waals surface area contributed by atoms with E-state index in [2.05, 4.69) is 58.8 Å². The summed E-state index contributed by atoms with van der Waals surface area (Å²) in [6, 6.07) is 16.7. The van der Waals surface area contributed by atoms with Gasteiger partial charge in [-0.15, -0.1) is 24.0 Å². The molecular formula is C22H31IN4O2. The molecule has 2 N–H and O–H groups in total. The van der Waals surface area contributed by atoms with Crippen molar-refractivity contribution in [3.05, 3.63) is 54.1 Å². The second-order valence-electron chi connectivity index (χ2n) is 7.04. The number of hydrogen-bond acceptors (Lipinski definition) is 4. The third-order valence-corrected chi connectivity index (χ3v) is 4.83. The number of fused-ring (bicyclic) bond motifs is 1. The van der Waals surface area contributed by atoms with E-state index in [9.17, 15) is 0 Å². The van der Waals surface area contributed by atoms with Crippen LogP contribution in [-0.4, -0.2) is 50.8 Å². The molecule has 29 heavy (non-hydrogen) atoms. The van der Waals surface area contributed by atoms with Crippen LogP contribution in [0, 0.1) is 0 Å². The maximum Gasteiger partial charge on any atom is 0.195 e. The normalized spacial score (nSPS) is 14.6. The third-order valence-electron chi connectivity index (χ3n) is 4.83. The Labute approximate surface area is 190 Å². The van der Waals surface area contributed by atoms with E-state index < -0.39 is 0 Å². The molecule has 0 bridgehead atoms. The SMILES string of the molecule is CN=C(NCC(C)N(C)Cc1ccccc1)Nc1ccc2c(c1)OCCCO2.I. The van der Waals surface area contributed by atoms with Crippen LogP contribution in [0.3, 0.4) is 0 Å². The number of halogens is 1. The van der Waals surface area contributed by atoms with E-state index in [1.165, 1.54) is 5.56 Å². The van der Waals surface area contributed by atoms with Crippen LogP contribution in [0.5, 0.6) is 11.5 Å². The molecule has 1 atom stereocenters. The van der Waals surface area contributed by atoms with Gasteiger partial charge in [-0.05, 0) is 31.7 Å². The number of nitrogens with one attached hydrogen (secondary N) is 2. The minimum atomic E-state index is 0. The molecule has 2 aromatic carbocycles. The second kappa shape index (κ2) is 11.9. The lowest BCUT2D eigenvalue weighted by Crippen LogP contribution is -2.42. The van der Waals surface area contributed by atoms with Gasteiger partial charge in [0.25, 0.3) is 0 Å². The predicted octanol–water partition coefficient (Wildman–Crippen LogP) is 3.97. The number of anilines is 1. The summed E-state index contributed by atoms with van der Waals surface area (Å²) in [7, 11) is 3.91. The van der Waals surface area contributed by atoms with Crippen molar-refractivity contribution in [3.63, 3.8) is 0 Å². The van der Waals surface area contributed by atoms with Gasteiger partial charge in [0.2, 0.25) is 0 Å². The summed E-state index contributed by atoms with van der Waals surface area (Å²) in [6.45, 7) is 5.27. The smallest absolute Gasteiger partial charge is 0.195 e. The van der Waals surface area contributed by atoms with Crippen molar-refractivity contribution in [2.24, 2.45) is 4.99 Å². The lowest BCUT2D eigenvalue weighted by Gasteiger charge is -2.26. The van der Waals surface area contributed by atoms with Gasteiger partial charge >= 0.3 is 0 Å². The van der Waals surface area contributed by atoms with Gasteiger partial charge < -0.3 is 20.1 Å². The van der Waals surface area contributed by atoms with E-state index in [-0.39, 0.29) is 24.0 Å². The Hall–Kier alpha value is -2.00. The van der Waals surface area contributed by atoms with Crippen molar-refractivity contribution in [2.75, 3.05) is 39.2 Å². The maximum atomic E-state index is 5.76. The summed E-state index contributed by atoms with van der Waals surface area (Å²) in [5, 5.41) is 6.73. The van der Waals surface area contributed by atoms with Crippen molar-refractivity contribution in [1.82, 2.24) is 10.2 Å². The van der Waals surface area contributed by atoms with Crippen LogP contribution in [0.2, 0.25) is 0 Å². The van der Waals surface area contributed by atoms with Gasteiger partial charge in [0.1, 0.15) is 0 Å². The average molecular weight is 510 g/mol. The minimum Gasteiger partial charge on any atom is -0.490 e. The number of ether oxygens (including phenoxy) is 2. The molecule has 1 aliphatic heterocycles. The second-order valence-corrected chi connectivity index (χ2v) is 7.04. The number of guanidine groups is 1. The molecule has 1 heterocycles. The zero-order valence-electron chi connectivity index (χ0n) is 17.4. The molecule has 6 nitrogen and oxygen atoms in total. The molecule has 0 saturated carbocycles. The van der Waals surface area contributed by atoms with Gasteiger partial charge in [-0.1, -0.05) is 30.3 Å². The van der Waals surface area contributed by atoms with E-state index in [4.69, 9.17) is 9.47 Å². The first-order chi connectivity index (χ1) is 13.7. The molecule has 7 heteroatoms. The maximum absolute atomic E-state index is 5.76. The molecule has 0 aromatic heterocycles. The van der Waals surface area contributed by atoms with Crippen molar-refractivity contribution in [1.29, 1.82) is 0 Å². The first-order valence-electron chi connectivity index (χ1n) is 9.77. The van der Waals surface area contributed by atoms with Crippen molar-refractivity contribution in [3.8, 4) is 11.5 Å². The monoisotopic (exact) mass is 510 g/mol. The zero-order chi connectivity index (χ0) is 19.8. The molecule has 2 aromatic rings. The average Bonchev–Trinajstić information content (AvgIpc) is 2.96. The Balaban J connectivity index is 0.00000300. The number of likely N-dealkylation sites (N-methyl/N-ethyl adjacent to an activating group) is 1. The highest BCUT2D eigenvalue weighted by molar-refractivity contribution is 14.0. The highest BCUT2D eigenvalue weighted by atomic mass is 127. The molecule has 3 rings (SSSR count). The molecule has 0 aliphatic carbocycles. The highest BCUT2D eigenvalue weighted by Crippen LogP contribution is 2.32. The van der Waals surface area contributed by atoms with Crippen molar-refractivity contribution in [2.45, 2.75) is 25.9 Å². The fourth-order valence-corrected chi connectivity index (χ4v) is 2.98. The van der Waals surface area contributed by atoms with E-state index in [0.29, 0.717) is 19.3 Å². The quantitative estimate of drug-likeness (QED) is 0.350. The van der Waals surface area contributed by atoms with Crippen LogP contribution in [0.15, 0.2) is 53.5 Å². The molecule has 0 amide bonds. The molecule has 0 saturated heterocycles. The molecule has 1 unspecified atom stereocenters. The van der Waals surface area contributed by atoms with Crippen molar-refractivity contribution < 1.29 is 9.47 Å². The standard InChI is InChI=1S/C22H30N4O2.HI/c1-17(26(3)16-18-8-5-4-6-9-18)15-24-22(23-2)25-19-10-11-20-21(14-19)28-13-7-12-27-20;/h4-6,8-11,14,17H,7,12-13,15-16H2,1-3H3,(H2,23,24,25);1H. The summed E-state index contributed by atoms with van der Waals surface area (Å²) >= 11 is 0. The summed E-state index contributed by atoms with van der Waals surface area (Å²) in [5.41, 5.74) is 2.23. The Morgan fingerprint density at radius 1 is 1.10 bits per heavy atom. The number of aliphatic imine (C=N–C) groups is 1. The first kappa shape index (κ1) is 23.3. The topological polar surface area (TPSA) is 58.1 Å². The Kier molecular flexibility index (Phi) is 9.53. The van der Waals surface area contributed by atoms with E-state index >= 15 is 0 Å². The van der Waals surface area contributed by atoms with E-state index in [1.807, 2.05) is 24.3 Å². The highest BCUT2D eigenvalue weighted by Gasteiger charge is 2.13. The molecule has 0 fully saturated rings. The predicted molar refractivity (Wildman–Crippen MR) is 130 cm³/mol. The zero-order valence-corrected chi connectivity index (χ0v) is 19.7. The van der Waals surface area contributed by atoms with Crippen LogP contribution in [0.4, 0.5) is 5.69 Å². The lowest BCUT2D eigenvalue weighted by atomic mass is 10.2. The summed E-state index contributed by atoms with van der Waals surface area (Å²) in [5.74, 6) is 2.30. The number of nitrogens with zero attached hydrogens (tertiary/aromatic N) is 2. The lowest BCUT2D eigenvalue weighted by molar-refractivity contribution is 0.249. The van der Waals surface area contributed by atoms with Gasteiger partial charge in [-0.2, -0.15) is 0 Å². The van der Waals surface area contributed by atoms with Crippen molar-refractivity contribution >= 4 is 35.6 Å². The van der Waals surface area contributed by atoms with Gasteiger partial charge in [0, 0.05) is 44.4 Å². The van der Waals surface area contributed by atoms with E-state index in [0.717, 1.165) is 42.7 Å². The number of rotatable bonds is 6. The fourth-order valence-electron chi connectivity index (χ4n) is 2.98. The molecule has 1 aliphatic rings. The van der Waals surface area contributed by atoms with Crippen LogP contribution in [0.25, 0.3) is 0 Å². The van der Waals surface area contributed by atoms with Gasteiger partial charge in [-0.25, -0.2) is 0 Å². The van der Waals surface area contributed by atoms with Crippen LogP contribution in [-0.2, 0) is 6.54 Å². The van der Waals surface area contributed by atoms with Gasteiger partial charge in [0.05, 0.1) is 13.2 Å². The minimum absolute atomic E-state index is 0.